The van der Waals surface area contributed by atoms with Crippen LogP contribution in [0, 0.1) is 5.41 Å². The molecule has 1 aliphatic rings. The van der Waals surface area contributed by atoms with Gasteiger partial charge in [0, 0.05) is 6.20 Å². The highest BCUT2D eigenvalue weighted by atomic mass is 16.5. The van der Waals surface area contributed by atoms with Crippen molar-refractivity contribution in [3.8, 4) is 0 Å². The van der Waals surface area contributed by atoms with Crippen LogP contribution in [0.2, 0.25) is 0 Å². The lowest BCUT2D eigenvalue weighted by atomic mass is 9.69. The fourth-order valence-electron chi connectivity index (χ4n) is 2.29. The van der Waals surface area contributed by atoms with Crippen LogP contribution in [0.25, 0.3) is 0 Å². The lowest BCUT2D eigenvalue weighted by Gasteiger charge is -2.44. The fourth-order valence-corrected chi connectivity index (χ4v) is 2.29. The van der Waals surface area contributed by atoms with Gasteiger partial charge in [0.25, 0.3) is 0 Å². The SMILES string of the molecule is CC(C)(CC1(c2ccccn2)COC1)C(=O)O. The average Bonchev–Trinajstić information content (AvgIpc) is 2.24. The lowest BCUT2D eigenvalue weighted by Crippen LogP contribution is -2.51. The van der Waals surface area contributed by atoms with Crippen LogP contribution in [0.1, 0.15) is 26.0 Å². The molecule has 4 heteroatoms. The molecule has 1 N–H and O–H groups in total. The third kappa shape index (κ3) is 2.17. The summed E-state index contributed by atoms with van der Waals surface area (Å²) in [7, 11) is 0. The van der Waals surface area contributed by atoms with Gasteiger partial charge in [-0.15, -0.1) is 0 Å². The molecule has 1 saturated heterocycles. The van der Waals surface area contributed by atoms with E-state index < -0.39 is 11.4 Å². The average molecular weight is 235 g/mol. The van der Waals surface area contributed by atoms with Gasteiger partial charge in [0.1, 0.15) is 0 Å². The number of hydrogen-bond donors (Lipinski definition) is 1. The molecule has 0 amide bonds. The molecule has 4 nitrogen and oxygen atoms in total. The van der Waals surface area contributed by atoms with Crippen molar-refractivity contribution in [2.45, 2.75) is 25.7 Å². The highest BCUT2D eigenvalue weighted by molar-refractivity contribution is 5.73. The predicted octanol–water partition coefficient (Wildman–Crippen LogP) is 1.85. The van der Waals surface area contributed by atoms with E-state index in [1.165, 1.54) is 0 Å². The van der Waals surface area contributed by atoms with E-state index in [0.717, 1.165) is 5.69 Å². The third-order valence-electron chi connectivity index (χ3n) is 3.32. The second-order valence-electron chi connectivity index (χ2n) is 5.35. The summed E-state index contributed by atoms with van der Waals surface area (Å²) >= 11 is 0. The lowest BCUT2D eigenvalue weighted by molar-refractivity contribution is -0.152. The fraction of sp³-hybridized carbons (Fsp3) is 0.538. The van der Waals surface area contributed by atoms with Crippen LogP contribution in [0.3, 0.4) is 0 Å². The molecule has 1 aromatic heterocycles. The van der Waals surface area contributed by atoms with Crippen LogP contribution in [0.5, 0.6) is 0 Å². The van der Waals surface area contributed by atoms with Crippen molar-refractivity contribution in [2.75, 3.05) is 13.2 Å². The van der Waals surface area contributed by atoms with Gasteiger partial charge in [0.2, 0.25) is 0 Å². The first kappa shape index (κ1) is 12.0. The summed E-state index contributed by atoms with van der Waals surface area (Å²) in [6, 6.07) is 5.73. The number of carboxylic acid groups (broad SMARTS) is 1. The molecule has 17 heavy (non-hydrogen) atoms. The summed E-state index contributed by atoms with van der Waals surface area (Å²) in [4.78, 5) is 15.6. The number of ether oxygens (including phenoxy) is 1. The quantitative estimate of drug-likeness (QED) is 0.865. The first-order valence-electron chi connectivity index (χ1n) is 5.69. The van der Waals surface area contributed by atoms with E-state index in [4.69, 9.17) is 4.74 Å². The van der Waals surface area contributed by atoms with E-state index in [0.29, 0.717) is 19.6 Å². The molecule has 0 radical (unpaired) electrons. The van der Waals surface area contributed by atoms with Crippen molar-refractivity contribution < 1.29 is 14.6 Å². The second-order valence-corrected chi connectivity index (χ2v) is 5.35. The number of aromatic nitrogens is 1. The molecule has 1 aliphatic heterocycles. The van der Waals surface area contributed by atoms with Gasteiger partial charge in [0.05, 0.1) is 29.7 Å². The Morgan fingerprint density at radius 2 is 2.24 bits per heavy atom. The Balaban J connectivity index is 2.25. The highest BCUT2D eigenvalue weighted by Crippen LogP contribution is 2.41. The minimum atomic E-state index is -0.778. The van der Waals surface area contributed by atoms with Gasteiger partial charge >= 0.3 is 5.97 Å². The summed E-state index contributed by atoms with van der Waals surface area (Å²) in [5.74, 6) is -0.778. The van der Waals surface area contributed by atoms with Crippen molar-refractivity contribution in [1.29, 1.82) is 0 Å². The van der Waals surface area contributed by atoms with Gasteiger partial charge < -0.3 is 9.84 Å². The Labute approximate surface area is 101 Å². The topological polar surface area (TPSA) is 59.4 Å². The maximum Gasteiger partial charge on any atom is 0.309 e. The molecule has 1 fully saturated rings. The Kier molecular flexibility index (Phi) is 2.91. The molecule has 0 aromatic carbocycles. The molecule has 0 atom stereocenters. The van der Waals surface area contributed by atoms with Gasteiger partial charge in [-0.2, -0.15) is 0 Å². The normalized spacial score (nSPS) is 18.5. The molecule has 0 spiro atoms. The maximum absolute atomic E-state index is 11.2. The predicted molar refractivity (Wildman–Crippen MR) is 62.8 cm³/mol. The zero-order valence-corrected chi connectivity index (χ0v) is 10.1. The van der Waals surface area contributed by atoms with Gasteiger partial charge in [-0.05, 0) is 32.4 Å². The second kappa shape index (κ2) is 4.11. The van der Waals surface area contributed by atoms with Gasteiger partial charge in [-0.3, -0.25) is 9.78 Å². The van der Waals surface area contributed by atoms with Crippen LogP contribution >= 0.6 is 0 Å². The Hall–Kier alpha value is -1.42. The molecule has 0 saturated carbocycles. The number of rotatable bonds is 4. The first-order chi connectivity index (χ1) is 7.96. The van der Waals surface area contributed by atoms with Gasteiger partial charge in [0.15, 0.2) is 0 Å². The van der Waals surface area contributed by atoms with E-state index in [1.807, 2.05) is 18.2 Å². The van der Waals surface area contributed by atoms with Crippen molar-refractivity contribution >= 4 is 5.97 Å². The number of hydrogen-bond acceptors (Lipinski definition) is 3. The van der Waals surface area contributed by atoms with Crippen LogP contribution in [-0.2, 0) is 14.9 Å². The molecular weight excluding hydrogens is 218 g/mol. The molecular formula is C13H17NO3. The number of nitrogens with zero attached hydrogens (tertiary/aromatic N) is 1. The summed E-state index contributed by atoms with van der Waals surface area (Å²) in [6.07, 6.45) is 2.29. The minimum Gasteiger partial charge on any atom is -0.481 e. The summed E-state index contributed by atoms with van der Waals surface area (Å²) in [6.45, 7) is 4.61. The Morgan fingerprint density at radius 3 is 2.65 bits per heavy atom. The van der Waals surface area contributed by atoms with Crippen LogP contribution in [-0.4, -0.2) is 29.3 Å². The molecule has 2 rings (SSSR count). The molecule has 0 unspecified atom stereocenters. The molecule has 1 aromatic rings. The minimum absolute atomic E-state index is 0.233. The van der Waals surface area contributed by atoms with Crippen LogP contribution < -0.4 is 0 Å². The monoisotopic (exact) mass is 235 g/mol. The van der Waals surface area contributed by atoms with Crippen LogP contribution in [0.15, 0.2) is 24.4 Å². The number of aliphatic carboxylic acids is 1. The number of carboxylic acids is 1. The zero-order chi connectivity index (χ0) is 12.5. The smallest absolute Gasteiger partial charge is 0.309 e. The molecule has 2 heterocycles. The zero-order valence-electron chi connectivity index (χ0n) is 10.1. The summed E-state index contributed by atoms with van der Waals surface area (Å²) in [5, 5.41) is 9.21. The van der Waals surface area contributed by atoms with E-state index in [1.54, 1.807) is 20.0 Å². The number of pyridine rings is 1. The molecule has 0 bridgehead atoms. The van der Waals surface area contributed by atoms with E-state index >= 15 is 0 Å². The van der Waals surface area contributed by atoms with Crippen molar-refractivity contribution in [3.05, 3.63) is 30.1 Å². The van der Waals surface area contributed by atoms with Gasteiger partial charge in [-0.1, -0.05) is 6.07 Å². The largest absolute Gasteiger partial charge is 0.481 e. The van der Waals surface area contributed by atoms with Gasteiger partial charge in [-0.25, -0.2) is 0 Å². The first-order valence-corrected chi connectivity index (χ1v) is 5.69. The number of carbonyl (C=O) groups is 1. The van der Waals surface area contributed by atoms with Crippen molar-refractivity contribution in [2.24, 2.45) is 5.41 Å². The van der Waals surface area contributed by atoms with E-state index in [2.05, 4.69) is 4.98 Å². The third-order valence-corrected chi connectivity index (χ3v) is 3.32. The van der Waals surface area contributed by atoms with E-state index in [9.17, 15) is 9.90 Å². The highest BCUT2D eigenvalue weighted by Gasteiger charge is 2.47. The van der Waals surface area contributed by atoms with Crippen molar-refractivity contribution in [1.82, 2.24) is 4.98 Å². The van der Waals surface area contributed by atoms with E-state index in [-0.39, 0.29) is 5.41 Å². The maximum atomic E-state index is 11.2. The standard InChI is InChI=1S/C13H17NO3/c1-12(2,11(15)16)7-13(8-17-9-13)10-5-3-4-6-14-10/h3-6H,7-9H2,1-2H3,(H,15,16). The Bertz CT molecular complexity index is 410. The molecule has 92 valence electrons. The molecule has 0 aliphatic carbocycles. The summed E-state index contributed by atoms with van der Waals surface area (Å²) in [5.41, 5.74) is -0.0645. The Morgan fingerprint density at radius 1 is 1.53 bits per heavy atom. The summed E-state index contributed by atoms with van der Waals surface area (Å²) < 4.78 is 5.29. The van der Waals surface area contributed by atoms with Crippen LogP contribution in [0.4, 0.5) is 0 Å². The van der Waals surface area contributed by atoms with Crippen molar-refractivity contribution in [3.63, 3.8) is 0 Å².